The van der Waals surface area contributed by atoms with Gasteiger partial charge in [0.05, 0.1) is 11.8 Å². The highest BCUT2D eigenvalue weighted by atomic mass is 16.5. The highest BCUT2D eigenvalue weighted by molar-refractivity contribution is 5.93. The van der Waals surface area contributed by atoms with Crippen molar-refractivity contribution in [2.75, 3.05) is 0 Å². The molecule has 0 amide bonds. The van der Waals surface area contributed by atoms with Crippen LogP contribution in [0, 0.1) is 0 Å². The van der Waals surface area contributed by atoms with Crippen molar-refractivity contribution in [3.05, 3.63) is 72.0 Å². The van der Waals surface area contributed by atoms with Crippen LogP contribution in [0.4, 0.5) is 0 Å². The van der Waals surface area contributed by atoms with Crippen LogP contribution in [0.2, 0.25) is 0 Å². The van der Waals surface area contributed by atoms with Crippen LogP contribution in [0.3, 0.4) is 0 Å². The van der Waals surface area contributed by atoms with E-state index in [0.29, 0.717) is 12.2 Å². The number of benzene rings is 2. The van der Waals surface area contributed by atoms with E-state index < -0.39 is 0 Å². The lowest BCUT2D eigenvalue weighted by molar-refractivity contribution is 0.0535. The Balaban J connectivity index is 0.000000117. The lowest BCUT2D eigenvalue weighted by Crippen LogP contribution is -1.91. The van der Waals surface area contributed by atoms with Gasteiger partial charge in [-0.25, -0.2) is 4.79 Å². The minimum Gasteiger partial charge on any atom is -0.464 e. The standard InChI is InChI=1S/C8H6O2.C8H6O/c9-8-7-4-2-1-3-6(7)5-10-8;1-2-4-8-7(3-1)5-6-9-8/h1-4H,5H2;1-6H. The van der Waals surface area contributed by atoms with Gasteiger partial charge in [0.25, 0.3) is 0 Å². The van der Waals surface area contributed by atoms with E-state index >= 15 is 0 Å². The summed E-state index contributed by atoms with van der Waals surface area (Å²) in [5, 5.41) is 1.16. The molecule has 3 aromatic rings. The summed E-state index contributed by atoms with van der Waals surface area (Å²) in [6.45, 7) is 0.439. The van der Waals surface area contributed by atoms with Gasteiger partial charge < -0.3 is 9.15 Å². The third-order valence-electron chi connectivity index (χ3n) is 2.96. The molecule has 0 atom stereocenters. The Morgan fingerprint density at radius 3 is 2.53 bits per heavy atom. The smallest absolute Gasteiger partial charge is 0.338 e. The van der Waals surface area contributed by atoms with E-state index in [1.807, 2.05) is 48.5 Å². The van der Waals surface area contributed by atoms with Crippen LogP contribution in [0.15, 0.2) is 65.3 Å². The summed E-state index contributed by atoms with van der Waals surface area (Å²) in [5.74, 6) is -0.199. The molecule has 0 unspecified atom stereocenters. The summed E-state index contributed by atoms with van der Waals surface area (Å²) in [6, 6.07) is 17.3. The lowest BCUT2D eigenvalue weighted by atomic mass is 10.1. The second-order valence-electron chi connectivity index (χ2n) is 4.19. The van der Waals surface area contributed by atoms with Crippen molar-refractivity contribution in [2.24, 2.45) is 0 Å². The van der Waals surface area contributed by atoms with Gasteiger partial charge in [-0.05, 0) is 18.2 Å². The average Bonchev–Trinajstić information content (AvgIpc) is 3.07. The number of para-hydroxylation sites is 1. The topological polar surface area (TPSA) is 39.4 Å². The van der Waals surface area contributed by atoms with Crippen LogP contribution < -0.4 is 0 Å². The summed E-state index contributed by atoms with van der Waals surface area (Å²) >= 11 is 0. The third-order valence-corrected chi connectivity index (χ3v) is 2.96. The number of ether oxygens (including phenoxy) is 1. The second-order valence-corrected chi connectivity index (χ2v) is 4.19. The summed E-state index contributed by atoms with van der Waals surface area (Å²) in [5.41, 5.74) is 2.66. The first-order valence-corrected chi connectivity index (χ1v) is 6.02. The first kappa shape index (κ1) is 11.5. The first-order chi connectivity index (χ1) is 9.34. The highest BCUT2D eigenvalue weighted by Crippen LogP contribution is 2.18. The number of fused-ring (bicyclic) bond motifs is 2. The van der Waals surface area contributed by atoms with Gasteiger partial charge in [-0.3, -0.25) is 0 Å². The Bertz CT molecular complexity index is 682. The van der Waals surface area contributed by atoms with Crippen LogP contribution in [0.5, 0.6) is 0 Å². The molecule has 1 aliphatic rings. The first-order valence-electron chi connectivity index (χ1n) is 6.02. The van der Waals surface area contributed by atoms with E-state index in [0.717, 1.165) is 16.5 Å². The van der Waals surface area contributed by atoms with Crippen molar-refractivity contribution in [2.45, 2.75) is 6.61 Å². The zero-order valence-corrected chi connectivity index (χ0v) is 10.2. The molecule has 0 spiro atoms. The molecule has 3 heteroatoms. The molecule has 0 fully saturated rings. The highest BCUT2D eigenvalue weighted by Gasteiger charge is 2.18. The lowest BCUT2D eigenvalue weighted by Gasteiger charge is -1.87. The zero-order chi connectivity index (χ0) is 13.1. The Labute approximate surface area is 110 Å². The van der Waals surface area contributed by atoms with Gasteiger partial charge in [0, 0.05) is 10.9 Å². The Morgan fingerprint density at radius 2 is 1.68 bits per heavy atom. The largest absolute Gasteiger partial charge is 0.464 e. The molecule has 0 bridgehead atoms. The van der Waals surface area contributed by atoms with Crippen molar-refractivity contribution < 1.29 is 13.9 Å². The zero-order valence-electron chi connectivity index (χ0n) is 10.2. The SMILES string of the molecule is O=C1OCc2ccccc21.c1ccc2occc2c1. The summed E-state index contributed by atoms with van der Waals surface area (Å²) in [4.78, 5) is 10.8. The fourth-order valence-corrected chi connectivity index (χ4v) is 1.97. The van der Waals surface area contributed by atoms with Crippen molar-refractivity contribution in [1.82, 2.24) is 0 Å². The number of rotatable bonds is 0. The maximum atomic E-state index is 10.8. The molecular formula is C16H12O3. The van der Waals surface area contributed by atoms with Crippen LogP contribution in [-0.2, 0) is 11.3 Å². The number of hydrogen-bond donors (Lipinski definition) is 0. The number of esters is 1. The molecule has 1 aromatic heterocycles. The molecule has 94 valence electrons. The Hall–Kier alpha value is -2.55. The third kappa shape index (κ3) is 2.36. The summed E-state index contributed by atoms with van der Waals surface area (Å²) < 4.78 is 9.90. The molecule has 2 aromatic carbocycles. The monoisotopic (exact) mass is 252 g/mol. The van der Waals surface area contributed by atoms with Crippen LogP contribution >= 0.6 is 0 Å². The van der Waals surface area contributed by atoms with Crippen LogP contribution in [0.1, 0.15) is 15.9 Å². The predicted molar refractivity (Wildman–Crippen MR) is 71.8 cm³/mol. The van der Waals surface area contributed by atoms with Crippen molar-refractivity contribution >= 4 is 16.9 Å². The molecule has 3 nitrogen and oxygen atoms in total. The normalized spacial score (nSPS) is 12.5. The van der Waals surface area contributed by atoms with E-state index in [-0.39, 0.29) is 5.97 Å². The van der Waals surface area contributed by atoms with E-state index in [1.54, 1.807) is 12.3 Å². The molecule has 4 rings (SSSR count). The maximum absolute atomic E-state index is 10.8. The van der Waals surface area contributed by atoms with E-state index in [4.69, 9.17) is 9.15 Å². The number of hydrogen-bond acceptors (Lipinski definition) is 3. The Kier molecular flexibility index (Phi) is 3.02. The van der Waals surface area contributed by atoms with Crippen molar-refractivity contribution in [3.8, 4) is 0 Å². The molecule has 0 N–H and O–H groups in total. The number of carbonyl (C=O) groups is 1. The molecule has 2 heterocycles. The minimum absolute atomic E-state index is 0.199. The number of cyclic esters (lactones) is 1. The molecular weight excluding hydrogens is 240 g/mol. The van der Waals surface area contributed by atoms with Gasteiger partial charge in [0.2, 0.25) is 0 Å². The van der Waals surface area contributed by atoms with Crippen LogP contribution in [-0.4, -0.2) is 5.97 Å². The molecule has 0 saturated heterocycles. The second kappa shape index (κ2) is 4.98. The van der Waals surface area contributed by atoms with Gasteiger partial charge in [0.1, 0.15) is 12.2 Å². The fourth-order valence-electron chi connectivity index (χ4n) is 1.97. The molecule has 19 heavy (non-hydrogen) atoms. The van der Waals surface area contributed by atoms with E-state index in [1.165, 1.54) is 0 Å². The average molecular weight is 252 g/mol. The minimum atomic E-state index is -0.199. The van der Waals surface area contributed by atoms with E-state index in [9.17, 15) is 4.79 Å². The van der Waals surface area contributed by atoms with Crippen molar-refractivity contribution in [3.63, 3.8) is 0 Å². The number of furan rings is 1. The van der Waals surface area contributed by atoms with Gasteiger partial charge in [-0.15, -0.1) is 0 Å². The molecule has 0 radical (unpaired) electrons. The molecule has 1 aliphatic heterocycles. The van der Waals surface area contributed by atoms with Gasteiger partial charge >= 0.3 is 5.97 Å². The van der Waals surface area contributed by atoms with Gasteiger partial charge in [-0.1, -0.05) is 36.4 Å². The molecule has 0 aliphatic carbocycles. The molecule has 0 saturated carbocycles. The quantitative estimate of drug-likeness (QED) is 0.571. The van der Waals surface area contributed by atoms with Gasteiger partial charge in [0.15, 0.2) is 0 Å². The summed E-state index contributed by atoms with van der Waals surface area (Å²) in [7, 11) is 0. The summed E-state index contributed by atoms with van der Waals surface area (Å²) in [6.07, 6.45) is 1.70. The van der Waals surface area contributed by atoms with E-state index in [2.05, 4.69) is 0 Å². The maximum Gasteiger partial charge on any atom is 0.338 e. The predicted octanol–water partition coefficient (Wildman–Crippen LogP) is 3.79. The fraction of sp³-hybridized carbons (Fsp3) is 0.0625. The number of carbonyl (C=O) groups excluding carboxylic acids is 1. The van der Waals surface area contributed by atoms with Gasteiger partial charge in [-0.2, -0.15) is 0 Å². The van der Waals surface area contributed by atoms with Crippen LogP contribution in [0.25, 0.3) is 11.0 Å². The van der Waals surface area contributed by atoms with Crippen molar-refractivity contribution in [1.29, 1.82) is 0 Å². The Morgan fingerprint density at radius 1 is 0.895 bits per heavy atom.